The van der Waals surface area contributed by atoms with E-state index in [1.165, 1.54) is 5.56 Å². The highest BCUT2D eigenvalue weighted by atomic mass is 16.3. The Morgan fingerprint density at radius 3 is 2.73 bits per heavy atom. The average Bonchev–Trinajstić information content (AvgIpc) is 2.46. The van der Waals surface area contributed by atoms with E-state index in [1.54, 1.807) is 0 Å². The summed E-state index contributed by atoms with van der Waals surface area (Å²) >= 11 is 0. The van der Waals surface area contributed by atoms with Crippen molar-refractivity contribution in [1.29, 1.82) is 0 Å². The van der Waals surface area contributed by atoms with Crippen molar-refractivity contribution in [3.63, 3.8) is 0 Å². The minimum absolute atomic E-state index is 0.170. The van der Waals surface area contributed by atoms with E-state index in [2.05, 4.69) is 11.5 Å². The molecule has 0 spiro atoms. The molecule has 3 heteroatoms. The molecular formula is C12H19NO2. The summed E-state index contributed by atoms with van der Waals surface area (Å²) in [7, 11) is 0. The van der Waals surface area contributed by atoms with Gasteiger partial charge in [-0.3, -0.25) is 4.90 Å². The third kappa shape index (κ3) is 3.53. The molecule has 84 valence electrons. The SMILES string of the molecule is C=CCN(CCO)Cc1cc(C)oc1C. The van der Waals surface area contributed by atoms with Crippen LogP contribution in [0.4, 0.5) is 0 Å². The zero-order valence-electron chi connectivity index (χ0n) is 9.49. The minimum atomic E-state index is 0.170. The molecule has 0 atom stereocenters. The van der Waals surface area contributed by atoms with E-state index in [9.17, 15) is 0 Å². The molecule has 1 rings (SSSR count). The van der Waals surface area contributed by atoms with Crippen molar-refractivity contribution in [2.45, 2.75) is 20.4 Å². The van der Waals surface area contributed by atoms with Crippen molar-refractivity contribution < 1.29 is 9.52 Å². The van der Waals surface area contributed by atoms with Crippen LogP contribution in [-0.2, 0) is 6.54 Å². The highest BCUT2D eigenvalue weighted by Crippen LogP contribution is 2.15. The van der Waals surface area contributed by atoms with E-state index in [4.69, 9.17) is 9.52 Å². The number of furan rings is 1. The maximum atomic E-state index is 8.92. The lowest BCUT2D eigenvalue weighted by molar-refractivity contribution is 0.203. The van der Waals surface area contributed by atoms with Gasteiger partial charge in [0, 0.05) is 25.2 Å². The summed E-state index contributed by atoms with van der Waals surface area (Å²) in [4.78, 5) is 2.13. The Kier molecular flexibility index (Phi) is 4.59. The van der Waals surface area contributed by atoms with Crippen LogP contribution < -0.4 is 0 Å². The van der Waals surface area contributed by atoms with E-state index in [0.717, 1.165) is 24.6 Å². The van der Waals surface area contributed by atoms with Gasteiger partial charge in [0.1, 0.15) is 11.5 Å². The van der Waals surface area contributed by atoms with E-state index in [0.29, 0.717) is 6.54 Å². The van der Waals surface area contributed by atoms with Gasteiger partial charge < -0.3 is 9.52 Å². The monoisotopic (exact) mass is 209 g/mol. The fourth-order valence-electron chi connectivity index (χ4n) is 1.64. The van der Waals surface area contributed by atoms with Gasteiger partial charge in [-0.15, -0.1) is 6.58 Å². The van der Waals surface area contributed by atoms with Crippen molar-refractivity contribution in [2.24, 2.45) is 0 Å². The predicted octanol–water partition coefficient (Wildman–Crippen LogP) is 1.88. The molecule has 1 heterocycles. The molecule has 1 aromatic heterocycles. The maximum Gasteiger partial charge on any atom is 0.105 e. The van der Waals surface area contributed by atoms with Crippen LogP contribution in [0.3, 0.4) is 0 Å². The van der Waals surface area contributed by atoms with Crippen LogP contribution in [0.15, 0.2) is 23.1 Å². The summed E-state index contributed by atoms with van der Waals surface area (Å²) < 4.78 is 5.46. The maximum absolute atomic E-state index is 8.92. The summed E-state index contributed by atoms with van der Waals surface area (Å²) in [5.74, 6) is 1.89. The number of aryl methyl sites for hydroxylation is 2. The first-order valence-electron chi connectivity index (χ1n) is 5.17. The van der Waals surface area contributed by atoms with E-state index >= 15 is 0 Å². The molecule has 3 nitrogen and oxygen atoms in total. The summed E-state index contributed by atoms with van der Waals surface area (Å²) in [5, 5.41) is 8.92. The lowest BCUT2D eigenvalue weighted by Crippen LogP contribution is -2.26. The Hall–Kier alpha value is -1.06. The quantitative estimate of drug-likeness (QED) is 0.727. The third-order valence-corrected chi connectivity index (χ3v) is 2.34. The smallest absolute Gasteiger partial charge is 0.105 e. The average molecular weight is 209 g/mol. The molecule has 1 N–H and O–H groups in total. The first-order valence-corrected chi connectivity index (χ1v) is 5.17. The van der Waals surface area contributed by atoms with E-state index < -0.39 is 0 Å². The molecular weight excluding hydrogens is 190 g/mol. The van der Waals surface area contributed by atoms with Crippen LogP contribution in [0.1, 0.15) is 17.1 Å². The number of hydrogen-bond donors (Lipinski definition) is 1. The third-order valence-electron chi connectivity index (χ3n) is 2.34. The number of aliphatic hydroxyl groups excluding tert-OH is 1. The minimum Gasteiger partial charge on any atom is -0.466 e. The second kappa shape index (κ2) is 5.73. The summed E-state index contributed by atoms with van der Waals surface area (Å²) in [5.41, 5.74) is 1.18. The van der Waals surface area contributed by atoms with Crippen LogP contribution in [0, 0.1) is 13.8 Å². The highest BCUT2D eigenvalue weighted by Gasteiger charge is 2.09. The zero-order valence-corrected chi connectivity index (χ0v) is 9.49. The van der Waals surface area contributed by atoms with Gasteiger partial charge in [-0.25, -0.2) is 0 Å². The molecule has 0 fully saturated rings. The van der Waals surface area contributed by atoms with Gasteiger partial charge in [0.05, 0.1) is 6.61 Å². The molecule has 0 unspecified atom stereocenters. The molecule has 0 aliphatic rings. The van der Waals surface area contributed by atoms with Crippen molar-refractivity contribution in [3.8, 4) is 0 Å². The topological polar surface area (TPSA) is 36.6 Å². The fourth-order valence-corrected chi connectivity index (χ4v) is 1.64. The number of hydrogen-bond acceptors (Lipinski definition) is 3. The van der Waals surface area contributed by atoms with Crippen LogP contribution in [-0.4, -0.2) is 29.7 Å². The van der Waals surface area contributed by atoms with Crippen LogP contribution >= 0.6 is 0 Å². The molecule has 1 aromatic rings. The fraction of sp³-hybridized carbons (Fsp3) is 0.500. The van der Waals surface area contributed by atoms with Crippen molar-refractivity contribution in [3.05, 3.63) is 35.8 Å². The molecule has 0 aliphatic carbocycles. The molecule has 0 aliphatic heterocycles. The van der Waals surface area contributed by atoms with Gasteiger partial charge in [0.15, 0.2) is 0 Å². The molecule has 0 amide bonds. The lowest BCUT2D eigenvalue weighted by Gasteiger charge is -2.18. The van der Waals surface area contributed by atoms with E-state index in [1.807, 2.05) is 26.0 Å². The lowest BCUT2D eigenvalue weighted by atomic mass is 10.2. The normalized spacial score (nSPS) is 10.9. The first-order chi connectivity index (χ1) is 7.17. The Bertz CT molecular complexity index is 317. The number of nitrogens with zero attached hydrogens (tertiary/aromatic N) is 1. The van der Waals surface area contributed by atoms with Gasteiger partial charge >= 0.3 is 0 Å². The van der Waals surface area contributed by atoms with Gasteiger partial charge in [-0.05, 0) is 19.9 Å². The van der Waals surface area contributed by atoms with E-state index in [-0.39, 0.29) is 6.61 Å². The first kappa shape index (κ1) is 12.0. The Morgan fingerprint density at radius 2 is 2.27 bits per heavy atom. The molecule has 0 bridgehead atoms. The van der Waals surface area contributed by atoms with Gasteiger partial charge in [-0.2, -0.15) is 0 Å². The molecule has 0 aromatic carbocycles. The Morgan fingerprint density at radius 1 is 1.53 bits per heavy atom. The van der Waals surface area contributed by atoms with Crippen LogP contribution in [0.25, 0.3) is 0 Å². The largest absolute Gasteiger partial charge is 0.466 e. The Labute approximate surface area is 91.0 Å². The molecule has 15 heavy (non-hydrogen) atoms. The summed E-state index contributed by atoms with van der Waals surface area (Å²) in [6, 6.07) is 2.04. The van der Waals surface area contributed by atoms with Gasteiger partial charge in [0.2, 0.25) is 0 Å². The molecule has 0 radical (unpaired) electrons. The summed E-state index contributed by atoms with van der Waals surface area (Å²) in [6.07, 6.45) is 1.85. The van der Waals surface area contributed by atoms with Gasteiger partial charge in [0.25, 0.3) is 0 Å². The van der Waals surface area contributed by atoms with Gasteiger partial charge in [-0.1, -0.05) is 6.08 Å². The number of aliphatic hydroxyl groups is 1. The van der Waals surface area contributed by atoms with Crippen molar-refractivity contribution in [2.75, 3.05) is 19.7 Å². The van der Waals surface area contributed by atoms with Crippen molar-refractivity contribution >= 4 is 0 Å². The van der Waals surface area contributed by atoms with Crippen molar-refractivity contribution in [1.82, 2.24) is 4.90 Å². The molecule has 0 saturated carbocycles. The second-order valence-electron chi connectivity index (χ2n) is 3.69. The number of rotatable bonds is 6. The summed E-state index contributed by atoms with van der Waals surface area (Å²) in [6.45, 7) is 10.0. The molecule has 0 saturated heterocycles. The van der Waals surface area contributed by atoms with Crippen LogP contribution in [0.2, 0.25) is 0 Å². The highest BCUT2D eigenvalue weighted by molar-refractivity contribution is 5.19. The second-order valence-corrected chi connectivity index (χ2v) is 3.69. The standard InChI is InChI=1S/C12H19NO2/c1-4-5-13(6-7-14)9-12-8-10(2)15-11(12)3/h4,8,14H,1,5-7,9H2,2-3H3. The Balaban J connectivity index is 2.64. The predicted molar refractivity (Wildman–Crippen MR) is 60.7 cm³/mol. The zero-order chi connectivity index (χ0) is 11.3. The van der Waals surface area contributed by atoms with Crippen LogP contribution in [0.5, 0.6) is 0 Å².